The van der Waals surface area contributed by atoms with E-state index in [4.69, 9.17) is 10.5 Å². The Morgan fingerprint density at radius 1 is 1.29 bits per heavy atom. The Bertz CT molecular complexity index is 368. The van der Waals surface area contributed by atoms with E-state index in [1.54, 1.807) is 0 Å². The summed E-state index contributed by atoms with van der Waals surface area (Å²) in [5, 5.41) is 0. The molecule has 1 fully saturated rings. The van der Waals surface area contributed by atoms with Gasteiger partial charge in [0.05, 0.1) is 0 Å². The van der Waals surface area contributed by atoms with Crippen LogP contribution in [-0.2, 0) is 0 Å². The number of ether oxygens (including phenoxy) is 1. The van der Waals surface area contributed by atoms with E-state index < -0.39 is 0 Å². The number of nitrogen functional groups attached to an aromatic ring is 1. The summed E-state index contributed by atoms with van der Waals surface area (Å²) in [5.74, 6) is 0.933. The minimum Gasteiger partial charge on any atom is -0.475 e. The van der Waals surface area contributed by atoms with Crippen LogP contribution in [0.5, 0.6) is 5.88 Å². The van der Waals surface area contributed by atoms with Gasteiger partial charge >= 0.3 is 0 Å². The molecule has 0 bridgehead atoms. The van der Waals surface area contributed by atoms with Crippen LogP contribution in [-0.4, -0.2) is 41.1 Å². The Morgan fingerprint density at radius 3 is 2.82 bits per heavy atom. The van der Waals surface area contributed by atoms with Gasteiger partial charge in [-0.25, -0.2) is 9.97 Å². The molecule has 1 saturated heterocycles. The number of hydrogen-bond donors (Lipinski definition) is 1. The van der Waals surface area contributed by atoms with Gasteiger partial charge < -0.3 is 10.5 Å². The van der Waals surface area contributed by atoms with Gasteiger partial charge in [-0.05, 0) is 41.9 Å². The van der Waals surface area contributed by atoms with Crippen LogP contribution in [0, 0.1) is 0 Å². The highest BCUT2D eigenvalue weighted by molar-refractivity contribution is 9.10. The lowest BCUT2D eigenvalue weighted by atomic mass is 10.1. The van der Waals surface area contributed by atoms with Crippen molar-refractivity contribution in [2.45, 2.75) is 19.3 Å². The standard InChI is InChI=1S/C11H17BrN4O/c12-9-10(13)14-8-15-11(9)17-7-6-16-4-2-1-3-5-16/h8H,1-7H2,(H2,13,14,15). The van der Waals surface area contributed by atoms with Crippen LogP contribution in [0.1, 0.15) is 19.3 Å². The van der Waals surface area contributed by atoms with Crippen molar-refractivity contribution in [3.05, 3.63) is 10.8 Å². The second-order valence-electron chi connectivity index (χ2n) is 4.13. The van der Waals surface area contributed by atoms with E-state index in [1.807, 2.05) is 0 Å². The zero-order chi connectivity index (χ0) is 12.1. The van der Waals surface area contributed by atoms with E-state index in [0.29, 0.717) is 22.8 Å². The molecule has 1 aromatic heterocycles. The number of piperidine rings is 1. The highest BCUT2D eigenvalue weighted by Gasteiger charge is 2.11. The summed E-state index contributed by atoms with van der Waals surface area (Å²) < 4.78 is 6.24. The van der Waals surface area contributed by atoms with Crippen LogP contribution in [0.2, 0.25) is 0 Å². The summed E-state index contributed by atoms with van der Waals surface area (Å²) in [7, 11) is 0. The van der Waals surface area contributed by atoms with Crippen molar-refractivity contribution in [2.75, 3.05) is 32.0 Å². The van der Waals surface area contributed by atoms with Gasteiger partial charge in [-0.1, -0.05) is 6.42 Å². The molecule has 1 aliphatic rings. The number of aromatic nitrogens is 2. The molecule has 2 rings (SSSR count). The minimum atomic E-state index is 0.410. The van der Waals surface area contributed by atoms with E-state index >= 15 is 0 Å². The summed E-state index contributed by atoms with van der Waals surface area (Å²) in [4.78, 5) is 10.3. The van der Waals surface area contributed by atoms with Crippen molar-refractivity contribution < 1.29 is 4.74 Å². The predicted molar refractivity (Wildman–Crippen MR) is 69.9 cm³/mol. The molecule has 0 radical (unpaired) electrons. The maximum Gasteiger partial charge on any atom is 0.233 e. The third-order valence-corrected chi connectivity index (χ3v) is 3.62. The first kappa shape index (κ1) is 12.6. The van der Waals surface area contributed by atoms with Crippen LogP contribution >= 0.6 is 15.9 Å². The first-order valence-corrected chi connectivity index (χ1v) is 6.68. The lowest BCUT2D eigenvalue weighted by molar-refractivity contribution is 0.180. The average Bonchev–Trinajstić information content (AvgIpc) is 2.36. The molecule has 2 N–H and O–H groups in total. The van der Waals surface area contributed by atoms with E-state index in [9.17, 15) is 0 Å². The van der Waals surface area contributed by atoms with Crippen LogP contribution < -0.4 is 10.5 Å². The number of rotatable bonds is 4. The predicted octanol–water partition coefficient (Wildman–Crippen LogP) is 1.69. The molecule has 0 saturated carbocycles. The molecule has 17 heavy (non-hydrogen) atoms. The quantitative estimate of drug-likeness (QED) is 0.917. The molecule has 6 heteroatoms. The normalized spacial score (nSPS) is 17.0. The van der Waals surface area contributed by atoms with Gasteiger partial charge in [0.15, 0.2) is 0 Å². The van der Waals surface area contributed by atoms with Crippen LogP contribution in [0.4, 0.5) is 5.82 Å². The fraction of sp³-hybridized carbons (Fsp3) is 0.636. The van der Waals surface area contributed by atoms with Crippen molar-refractivity contribution in [1.82, 2.24) is 14.9 Å². The fourth-order valence-corrected chi connectivity index (χ4v) is 2.24. The van der Waals surface area contributed by atoms with Crippen LogP contribution in [0.25, 0.3) is 0 Å². The third kappa shape index (κ3) is 3.54. The molecule has 0 amide bonds. The zero-order valence-electron chi connectivity index (χ0n) is 9.73. The summed E-state index contributed by atoms with van der Waals surface area (Å²) in [6, 6.07) is 0. The molecule has 1 aliphatic heterocycles. The first-order chi connectivity index (χ1) is 8.27. The smallest absolute Gasteiger partial charge is 0.233 e. The third-order valence-electron chi connectivity index (χ3n) is 2.88. The topological polar surface area (TPSA) is 64.3 Å². The second-order valence-corrected chi connectivity index (χ2v) is 4.92. The van der Waals surface area contributed by atoms with E-state index in [-0.39, 0.29) is 0 Å². The van der Waals surface area contributed by atoms with E-state index in [1.165, 1.54) is 38.7 Å². The van der Waals surface area contributed by atoms with E-state index in [2.05, 4.69) is 30.8 Å². The number of halogens is 1. The fourth-order valence-electron chi connectivity index (χ4n) is 1.92. The molecule has 2 heterocycles. The number of likely N-dealkylation sites (tertiary alicyclic amines) is 1. The highest BCUT2D eigenvalue weighted by atomic mass is 79.9. The van der Waals surface area contributed by atoms with Crippen molar-refractivity contribution in [1.29, 1.82) is 0 Å². The Balaban J connectivity index is 1.79. The Hall–Kier alpha value is -0.880. The number of hydrogen-bond acceptors (Lipinski definition) is 5. The molecule has 0 unspecified atom stereocenters. The van der Waals surface area contributed by atoms with Crippen molar-refractivity contribution >= 4 is 21.7 Å². The molecule has 5 nitrogen and oxygen atoms in total. The Morgan fingerprint density at radius 2 is 2.06 bits per heavy atom. The molecule has 94 valence electrons. The Labute approximate surface area is 110 Å². The Kier molecular flexibility index (Phi) is 4.56. The average molecular weight is 301 g/mol. The molecule has 0 aliphatic carbocycles. The van der Waals surface area contributed by atoms with Gasteiger partial charge in [0.2, 0.25) is 5.88 Å². The van der Waals surface area contributed by atoms with Crippen molar-refractivity contribution in [2.24, 2.45) is 0 Å². The van der Waals surface area contributed by atoms with E-state index in [0.717, 1.165) is 6.54 Å². The molecular weight excluding hydrogens is 284 g/mol. The van der Waals surface area contributed by atoms with Gasteiger partial charge in [-0.2, -0.15) is 0 Å². The zero-order valence-corrected chi connectivity index (χ0v) is 11.3. The van der Waals surface area contributed by atoms with Gasteiger partial charge in [0.25, 0.3) is 0 Å². The van der Waals surface area contributed by atoms with Crippen molar-refractivity contribution in [3.63, 3.8) is 0 Å². The molecular formula is C11H17BrN4O. The summed E-state index contributed by atoms with van der Waals surface area (Å²) >= 11 is 3.32. The lowest BCUT2D eigenvalue weighted by Crippen LogP contribution is -2.33. The SMILES string of the molecule is Nc1ncnc(OCCN2CCCCC2)c1Br. The molecule has 0 aromatic carbocycles. The van der Waals surface area contributed by atoms with Gasteiger partial charge in [-0.3, -0.25) is 4.90 Å². The maximum absolute atomic E-state index is 5.65. The van der Waals surface area contributed by atoms with Gasteiger partial charge in [0, 0.05) is 6.54 Å². The molecule has 1 aromatic rings. The van der Waals surface area contributed by atoms with Crippen LogP contribution in [0.15, 0.2) is 10.8 Å². The maximum atomic E-state index is 5.65. The second kappa shape index (κ2) is 6.16. The van der Waals surface area contributed by atoms with Gasteiger partial charge in [-0.15, -0.1) is 0 Å². The van der Waals surface area contributed by atoms with Gasteiger partial charge in [0.1, 0.15) is 23.2 Å². The largest absolute Gasteiger partial charge is 0.475 e. The summed E-state index contributed by atoms with van der Waals surface area (Å²) in [6.45, 7) is 3.93. The summed E-state index contributed by atoms with van der Waals surface area (Å²) in [6.07, 6.45) is 5.36. The molecule has 0 atom stereocenters. The summed E-state index contributed by atoms with van der Waals surface area (Å²) in [5.41, 5.74) is 5.65. The monoisotopic (exact) mass is 300 g/mol. The number of nitrogens with zero attached hydrogens (tertiary/aromatic N) is 3. The minimum absolute atomic E-state index is 0.410. The van der Waals surface area contributed by atoms with Crippen LogP contribution in [0.3, 0.4) is 0 Å². The highest BCUT2D eigenvalue weighted by Crippen LogP contribution is 2.25. The van der Waals surface area contributed by atoms with Crippen molar-refractivity contribution in [3.8, 4) is 5.88 Å². The molecule has 0 spiro atoms. The first-order valence-electron chi connectivity index (χ1n) is 5.88. The number of anilines is 1. The lowest BCUT2D eigenvalue weighted by Gasteiger charge is -2.26. The number of nitrogens with two attached hydrogens (primary N) is 1.